The lowest BCUT2D eigenvalue weighted by Crippen LogP contribution is -2.41. The lowest BCUT2D eigenvalue weighted by atomic mass is 10.5. The summed E-state index contributed by atoms with van der Waals surface area (Å²) >= 11 is 5.87. The minimum Gasteiger partial charge on any atom is -0.339 e. The molecule has 3 rings (SSSR count). The molecule has 106 valence electrons. The Morgan fingerprint density at radius 2 is 1.80 bits per heavy atom. The third-order valence-corrected chi connectivity index (χ3v) is 4.61. The molecule has 2 aromatic rings. The molecule has 2 aromatic heterocycles. The molecule has 1 saturated heterocycles. The summed E-state index contributed by atoms with van der Waals surface area (Å²) in [7, 11) is -2.96. The Balaban J connectivity index is 1.91. The number of hydrogen-bond donors (Lipinski definition) is 0. The van der Waals surface area contributed by atoms with Crippen molar-refractivity contribution in [2.75, 3.05) is 29.5 Å². The maximum Gasteiger partial charge on any atom is 0.258 e. The highest BCUT2D eigenvalue weighted by Crippen LogP contribution is 2.15. The Kier molecular flexibility index (Phi) is 3.26. The molecule has 0 bridgehead atoms. The normalized spacial score (nSPS) is 18.1. The van der Waals surface area contributed by atoms with Crippen molar-refractivity contribution in [2.45, 2.75) is 0 Å². The van der Waals surface area contributed by atoms with Crippen molar-refractivity contribution in [2.24, 2.45) is 0 Å². The van der Waals surface area contributed by atoms with E-state index in [2.05, 4.69) is 25.0 Å². The van der Waals surface area contributed by atoms with Crippen LogP contribution in [0.4, 0.5) is 5.95 Å². The van der Waals surface area contributed by atoms with Crippen molar-refractivity contribution >= 4 is 27.4 Å². The fraction of sp³-hybridized carbons (Fsp3) is 0.444. The van der Waals surface area contributed by atoms with E-state index >= 15 is 0 Å². The average molecular weight is 316 g/mol. The molecule has 0 atom stereocenters. The van der Waals surface area contributed by atoms with E-state index in [4.69, 9.17) is 11.6 Å². The lowest BCUT2D eigenvalue weighted by Gasteiger charge is -2.26. The molecule has 1 aliphatic rings. The highest BCUT2D eigenvalue weighted by molar-refractivity contribution is 7.91. The summed E-state index contributed by atoms with van der Waals surface area (Å²) in [6.45, 7) is 0.666. The first kappa shape index (κ1) is 13.2. The van der Waals surface area contributed by atoms with Gasteiger partial charge in [0.2, 0.25) is 11.2 Å². The molecule has 0 amide bonds. The fourth-order valence-corrected chi connectivity index (χ4v) is 3.15. The van der Waals surface area contributed by atoms with Gasteiger partial charge in [0.1, 0.15) is 12.7 Å². The third-order valence-electron chi connectivity index (χ3n) is 2.84. The number of aromatic nitrogens is 6. The first-order valence-electron chi connectivity index (χ1n) is 5.75. The Morgan fingerprint density at radius 1 is 1.10 bits per heavy atom. The van der Waals surface area contributed by atoms with E-state index in [0.29, 0.717) is 19.0 Å². The van der Waals surface area contributed by atoms with Crippen molar-refractivity contribution < 1.29 is 8.42 Å². The van der Waals surface area contributed by atoms with Crippen LogP contribution >= 0.6 is 11.6 Å². The molecule has 9 nitrogen and oxygen atoms in total. The van der Waals surface area contributed by atoms with Gasteiger partial charge < -0.3 is 4.90 Å². The predicted octanol–water partition coefficient (Wildman–Crippen LogP) is -0.660. The van der Waals surface area contributed by atoms with Gasteiger partial charge in [0.05, 0.1) is 11.5 Å². The second kappa shape index (κ2) is 4.94. The van der Waals surface area contributed by atoms with Gasteiger partial charge in [-0.3, -0.25) is 0 Å². The second-order valence-electron chi connectivity index (χ2n) is 4.18. The molecule has 3 heterocycles. The Hall–Kier alpha value is -1.81. The Labute approximate surface area is 119 Å². The first-order chi connectivity index (χ1) is 9.53. The number of hydrogen-bond acceptors (Lipinski definition) is 8. The molecule has 0 radical (unpaired) electrons. The van der Waals surface area contributed by atoms with Crippen molar-refractivity contribution in [3.05, 3.63) is 17.9 Å². The van der Waals surface area contributed by atoms with Crippen LogP contribution in [-0.4, -0.2) is 62.7 Å². The zero-order chi connectivity index (χ0) is 14.2. The van der Waals surface area contributed by atoms with Crippen LogP contribution in [0, 0.1) is 0 Å². The summed E-state index contributed by atoms with van der Waals surface area (Å²) in [6.07, 6.45) is 2.79. The highest BCUT2D eigenvalue weighted by atomic mass is 35.5. The lowest BCUT2D eigenvalue weighted by molar-refractivity contribution is 0.585. The smallest absolute Gasteiger partial charge is 0.258 e. The van der Waals surface area contributed by atoms with Gasteiger partial charge in [0.25, 0.3) is 5.95 Å². The van der Waals surface area contributed by atoms with E-state index in [1.165, 1.54) is 17.3 Å². The number of nitrogens with zero attached hydrogens (tertiary/aromatic N) is 7. The van der Waals surface area contributed by atoms with Gasteiger partial charge in [-0.15, -0.1) is 0 Å². The monoisotopic (exact) mass is 315 g/mol. The maximum absolute atomic E-state index is 11.4. The maximum atomic E-state index is 11.4. The Bertz CT molecular complexity index is 704. The van der Waals surface area contributed by atoms with E-state index in [1.807, 2.05) is 0 Å². The van der Waals surface area contributed by atoms with E-state index < -0.39 is 9.84 Å². The molecule has 0 saturated carbocycles. The van der Waals surface area contributed by atoms with E-state index in [9.17, 15) is 8.42 Å². The summed E-state index contributed by atoms with van der Waals surface area (Å²) < 4.78 is 24.2. The average Bonchev–Trinajstić information content (AvgIpc) is 2.91. The molecule has 1 aliphatic heterocycles. The largest absolute Gasteiger partial charge is 0.339 e. The minimum atomic E-state index is -2.96. The molecule has 11 heteroatoms. The van der Waals surface area contributed by atoms with Crippen LogP contribution in [0.5, 0.6) is 0 Å². The van der Waals surface area contributed by atoms with Gasteiger partial charge in [0.15, 0.2) is 9.84 Å². The molecular weight excluding hydrogens is 306 g/mol. The van der Waals surface area contributed by atoms with Gasteiger partial charge in [-0.1, -0.05) is 0 Å². The van der Waals surface area contributed by atoms with Crippen molar-refractivity contribution in [1.82, 2.24) is 29.7 Å². The van der Waals surface area contributed by atoms with E-state index in [-0.39, 0.29) is 22.7 Å². The number of halogens is 1. The second-order valence-corrected chi connectivity index (χ2v) is 6.83. The summed E-state index contributed by atoms with van der Waals surface area (Å²) in [5.41, 5.74) is 0. The molecule has 0 spiro atoms. The van der Waals surface area contributed by atoms with Crippen molar-refractivity contribution in [3.8, 4) is 5.95 Å². The first-order valence-corrected chi connectivity index (χ1v) is 7.95. The van der Waals surface area contributed by atoms with Gasteiger partial charge in [0, 0.05) is 13.1 Å². The van der Waals surface area contributed by atoms with E-state index in [1.54, 1.807) is 4.90 Å². The number of sulfone groups is 1. The summed E-state index contributed by atoms with van der Waals surface area (Å²) in [6, 6.07) is 0. The van der Waals surface area contributed by atoms with E-state index in [0.717, 1.165) is 0 Å². The number of anilines is 1. The summed E-state index contributed by atoms with van der Waals surface area (Å²) in [4.78, 5) is 17.8. The van der Waals surface area contributed by atoms with Gasteiger partial charge in [-0.2, -0.15) is 24.7 Å². The zero-order valence-corrected chi connectivity index (χ0v) is 11.8. The van der Waals surface area contributed by atoms with Gasteiger partial charge in [-0.25, -0.2) is 13.4 Å². The van der Waals surface area contributed by atoms with Crippen LogP contribution in [0.25, 0.3) is 5.95 Å². The summed E-state index contributed by atoms with van der Waals surface area (Å²) in [5.74, 6) is 0.737. The van der Waals surface area contributed by atoms with Crippen LogP contribution < -0.4 is 4.90 Å². The van der Waals surface area contributed by atoms with Crippen LogP contribution in [0.2, 0.25) is 5.28 Å². The van der Waals surface area contributed by atoms with Crippen LogP contribution in [0.15, 0.2) is 12.7 Å². The Morgan fingerprint density at radius 3 is 2.45 bits per heavy atom. The fourth-order valence-electron chi connectivity index (χ4n) is 1.80. The third kappa shape index (κ3) is 2.70. The van der Waals surface area contributed by atoms with Crippen molar-refractivity contribution in [3.63, 3.8) is 0 Å². The van der Waals surface area contributed by atoms with Crippen LogP contribution in [-0.2, 0) is 9.84 Å². The van der Waals surface area contributed by atoms with Crippen LogP contribution in [0.3, 0.4) is 0 Å². The molecule has 1 fully saturated rings. The topological polar surface area (TPSA) is 107 Å². The number of rotatable bonds is 2. The van der Waals surface area contributed by atoms with Gasteiger partial charge >= 0.3 is 0 Å². The summed E-state index contributed by atoms with van der Waals surface area (Å²) in [5, 5.41) is 3.94. The molecule has 0 unspecified atom stereocenters. The molecule has 0 N–H and O–H groups in total. The standard InChI is InChI=1S/C9H10ClN7O2S/c10-7-13-8(16-1-3-20(18,19)4-2-16)15-9(14-7)17-6-11-5-12-17/h5-6H,1-4H2. The highest BCUT2D eigenvalue weighted by Gasteiger charge is 2.24. The molecule has 20 heavy (non-hydrogen) atoms. The van der Waals surface area contributed by atoms with Crippen LogP contribution in [0.1, 0.15) is 0 Å². The molecule has 0 aromatic carbocycles. The minimum absolute atomic E-state index is 0.0222. The SMILES string of the molecule is O=S1(=O)CCN(c2nc(Cl)nc(-n3cncn3)n2)CC1. The van der Waals surface area contributed by atoms with Crippen molar-refractivity contribution in [1.29, 1.82) is 0 Å². The zero-order valence-electron chi connectivity index (χ0n) is 10.2. The van der Waals surface area contributed by atoms with Gasteiger partial charge in [-0.05, 0) is 11.6 Å². The quantitative estimate of drug-likeness (QED) is 0.719. The molecule has 0 aliphatic carbocycles. The molecular formula is C9H10ClN7O2S. The predicted molar refractivity (Wildman–Crippen MR) is 70.6 cm³/mol.